The zero-order chi connectivity index (χ0) is 21.0. The summed E-state index contributed by atoms with van der Waals surface area (Å²) in [5, 5.41) is 0.488. The number of ether oxygens (including phenoxy) is 2. The Kier molecular flexibility index (Phi) is 6.24. The number of hydrogen-bond donors (Lipinski definition) is 2. The molecule has 0 fully saturated rings. The molecule has 3 rings (SSSR count). The second-order valence-electron chi connectivity index (χ2n) is 6.28. The molecule has 150 valence electrons. The van der Waals surface area contributed by atoms with E-state index in [1.165, 1.54) is 6.20 Å². The van der Waals surface area contributed by atoms with E-state index in [1.807, 2.05) is 30.3 Å². The van der Waals surface area contributed by atoms with Gasteiger partial charge in [-0.1, -0.05) is 29.8 Å². The summed E-state index contributed by atoms with van der Waals surface area (Å²) < 4.78 is 10.6. The maximum Gasteiger partial charge on any atom is 0.337 e. The fourth-order valence-corrected chi connectivity index (χ4v) is 3.54. The van der Waals surface area contributed by atoms with Crippen LogP contribution in [-0.4, -0.2) is 25.5 Å². The second-order valence-corrected chi connectivity index (χ2v) is 6.69. The molecule has 0 aliphatic carbocycles. The van der Waals surface area contributed by atoms with E-state index in [1.54, 1.807) is 32.2 Å². The van der Waals surface area contributed by atoms with Crippen molar-refractivity contribution in [3.63, 3.8) is 0 Å². The van der Waals surface area contributed by atoms with E-state index >= 15 is 0 Å². The number of rotatable bonds is 5. The predicted octanol–water partition coefficient (Wildman–Crippen LogP) is 3.62. The molecule has 4 N–H and O–H groups in total. The Hall–Kier alpha value is -3.25. The molecule has 0 saturated carbocycles. The van der Waals surface area contributed by atoms with Crippen LogP contribution in [0.25, 0.3) is 5.70 Å². The lowest BCUT2D eigenvalue weighted by atomic mass is 9.80. The van der Waals surface area contributed by atoms with Crippen LogP contribution in [0.5, 0.6) is 5.75 Å². The first kappa shape index (κ1) is 20.5. The second kappa shape index (κ2) is 8.84. The first-order valence-corrected chi connectivity index (χ1v) is 9.46. The number of aliphatic imine (C=N–C) groups is 1. The summed E-state index contributed by atoms with van der Waals surface area (Å²) in [5.41, 5.74) is 14.7. The molecule has 0 saturated heterocycles. The van der Waals surface area contributed by atoms with E-state index in [0.717, 1.165) is 0 Å². The van der Waals surface area contributed by atoms with Crippen LogP contribution in [0.15, 0.2) is 70.9 Å². The van der Waals surface area contributed by atoms with Crippen LogP contribution >= 0.6 is 11.6 Å². The third kappa shape index (κ3) is 3.98. The van der Waals surface area contributed by atoms with Crippen molar-refractivity contribution in [3.8, 4) is 5.75 Å². The molecule has 0 amide bonds. The van der Waals surface area contributed by atoms with Gasteiger partial charge in [0.2, 0.25) is 0 Å². The predicted molar refractivity (Wildman–Crippen MR) is 115 cm³/mol. The number of halogens is 1. The molecule has 2 aromatic rings. The van der Waals surface area contributed by atoms with Crippen molar-refractivity contribution in [2.75, 3.05) is 13.7 Å². The van der Waals surface area contributed by atoms with E-state index in [0.29, 0.717) is 38.7 Å². The largest absolute Gasteiger partial charge is 0.497 e. The fraction of sp³-hybridized carbons (Fsp3) is 0.182. The average molecular weight is 412 g/mol. The third-order valence-corrected chi connectivity index (χ3v) is 4.98. The van der Waals surface area contributed by atoms with E-state index in [4.69, 9.17) is 32.5 Å². The zero-order valence-electron chi connectivity index (χ0n) is 16.2. The minimum absolute atomic E-state index is 0.217. The molecule has 1 unspecified atom stereocenters. The molecule has 2 aromatic carbocycles. The van der Waals surface area contributed by atoms with Crippen molar-refractivity contribution >= 4 is 29.1 Å². The average Bonchev–Trinajstić information content (AvgIpc) is 2.73. The molecule has 0 spiro atoms. The van der Waals surface area contributed by atoms with Crippen LogP contribution in [0.4, 0.5) is 0 Å². The number of esters is 1. The Morgan fingerprint density at radius 2 is 1.90 bits per heavy atom. The van der Waals surface area contributed by atoms with Crippen molar-refractivity contribution in [1.29, 1.82) is 0 Å². The van der Waals surface area contributed by atoms with Gasteiger partial charge in [-0.15, -0.1) is 0 Å². The minimum Gasteiger partial charge on any atom is -0.497 e. The van der Waals surface area contributed by atoms with E-state index in [-0.39, 0.29) is 12.4 Å². The number of carbonyl (C=O) groups is 1. The van der Waals surface area contributed by atoms with Crippen LogP contribution in [0.1, 0.15) is 24.0 Å². The molecule has 0 bridgehead atoms. The summed E-state index contributed by atoms with van der Waals surface area (Å²) in [5.74, 6) is -0.206. The topological polar surface area (TPSA) is 99.9 Å². The zero-order valence-corrected chi connectivity index (χ0v) is 16.9. The Morgan fingerprint density at radius 1 is 1.21 bits per heavy atom. The van der Waals surface area contributed by atoms with E-state index in [9.17, 15) is 4.79 Å². The number of hydrogen-bond acceptors (Lipinski definition) is 6. The summed E-state index contributed by atoms with van der Waals surface area (Å²) >= 11 is 6.47. The summed E-state index contributed by atoms with van der Waals surface area (Å²) in [7, 11) is 1.58. The summed E-state index contributed by atoms with van der Waals surface area (Å²) in [4.78, 5) is 17.5. The maximum absolute atomic E-state index is 13.0. The first-order valence-electron chi connectivity index (χ1n) is 9.08. The molecule has 1 aliphatic heterocycles. The Labute approximate surface area is 174 Å². The van der Waals surface area contributed by atoms with Gasteiger partial charge in [-0.25, -0.2) is 9.79 Å². The van der Waals surface area contributed by atoms with Gasteiger partial charge in [-0.05, 0) is 42.8 Å². The Bertz CT molecular complexity index is 1010. The lowest BCUT2D eigenvalue weighted by Gasteiger charge is -2.28. The van der Waals surface area contributed by atoms with Crippen molar-refractivity contribution in [3.05, 3.63) is 82.0 Å². The van der Waals surface area contributed by atoms with Gasteiger partial charge >= 0.3 is 5.97 Å². The molecular weight excluding hydrogens is 390 g/mol. The highest BCUT2D eigenvalue weighted by atomic mass is 35.5. The highest BCUT2D eigenvalue weighted by Crippen LogP contribution is 2.43. The van der Waals surface area contributed by atoms with Gasteiger partial charge in [-0.2, -0.15) is 0 Å². The van der Waals surface area contributed by atoms with Gasteiger partial charge < -0.3 is 20.9 Å². The Balaban J connectivity index is 2.30. The van der Waals surface area contributed by atoms with Crippen LogP contribution in [0.3, 0.4) is 0 Å². The highest BCUT2D eigenvalue weighted by Gasteiger charge is 2.36. The molecule has 0 radical (unpaired) electrons. The lowest BCUT2D eigenvalue weighted by Crippen LogP contribution is -2.30. The van der Waals surface area contributed by atoms with Crippen molar-refractivity contribution < 1.29 is 14.3 Å². The highest BCUT2D eigenvalue weighted by molar-refractivity contribution is 6.31. The minimum atomic E-state index is -0.609. The van der Waals surface area contributed by atoms with Crippen LogP contribution in [-0.2, 0) is 9.53 Å². The maximum atomic E-state index is 13.0. The Morgan fingerprint density at radius 3 is 2.48 bits per heavy atom. The standard InChI is InChI=1S/C22H22ClN3O3/c1-3-29-22(27)19-18(15-6-4-5-7-17(15)23)16(12-24)21(25)26-20(19)13-8-10-14(28-2)11-9-13/h4-12,18H,3,24H2,1-2H3,(H2,25,26)/b16-12-. The van der Waals surface area contributed by atoms with Crippen LogP contribution in [0.2, 0.25) is 5.02 Å². The number of carbonyl (C=O) groups excluding carboxylic acids is 1. The number of nitrogens with zero attached hydrogens (tertiary/aromatic N) is 1. The van der Waals surface area contributed by atoms with Crippen molar-refractivity contribution in [1.82, 2.24) is 0 Å². The summed E-state index contributed by atoms with van der Waals surface area (Å²) in [6.07, 6.45) is 1.36. The van der Waals surface area contributed by atoms with Crippen LogP contribution < -0.4 is 16.2 Å². The lowest BCUT2D eigenvalue weighted by molar-refractivity contribution is -0.138. The summed E-state index contributed by atoms with van der Waals surface area (Å²) in [6, 6.07) is 14.4. The van der Waals surface area contributed by atoms with Crippen molar-refractivity contribution in [2.24, 2.45) is 16.5 Å². The third-order valence-electron chi connectivity index (χ3n) is 4.64. The van der Waals surface area contributed by atoms with Crippen LogP contribution in [0, 0.1) is 0 Å². The van der Waals surface area contributed by atoms with Gasteiger partial charge in [0.15, 0.2) is 0 Å². The number of amidine groups is 1. The first-order chi connectivity index (χ1) is 14.0. The molecule has 29 heavy (non-hydrogen) atoms. The van der Waals surface area contributed by atoms with Gasteiger partial charge in [0.1, 0.15) is 11.6 Å². The van der Waals surface area contributed by atoms with Gasteiger partial charge in [0.05, 0.1) is 25.0 Å². The van der Waals surface area contributed by atoms with E-state index in [2.05, 4.69) is 4.99 Å². The quantitative estimate of drug-likeness (QED) is 0.732. The fourth-order valence-electron chi connectivity index (χ4n) is 3.29. The van der Waals surface area contributed by atoms with E-state index < -0.39 is 11.9 Å². The number of nitrogens with two attached hydrogens (primary N) is 2. The van der Waals surface area contributed by atoms with Gasteiger partial charge in [0.25, 0.3) is 0 Å². The normalized spacial score (nSPS) is 17.8. The molecular formula is C22H22ClN3O3. The van der Waals surface area contributed by atoms with Crippen molar-refractivity contribution in [2.45, 2.75) is 12.8 Å². The molecule has 7 heteroatoms. The molecule has 1 aliphatic rings. The number of benzene rings is 2. The van der Waals surface area contributed by atoms with Gasteiger partial charge in [0, 0.05) is 28.3 Å². The molecule has 1 heterocycles. The number of methoxy groups -OCH3 is 1. The summed E-state index contributed by atoms with van der Waals surface area (Å²) in [6.45, 7) is 1.96. The molecule has 0 aromatic heterocycles. The smallest absolute Gasteiger partial charge is 0.337 e. The van der Waals surface area contributed by atoms with Gasteiger partial charge in [-0.3, -0.25) is 0 Å². The molecule has 1 atom stereocenters. The monoisotopic (exact) mass is 411 g/mol. The SMILES string of the molecule is CCOC(=O)C1=C(c2ccc(OC)cc2)N=C(N)/C(=C\N)C1c1ccccc1Cl. The molecule has 6 nitrogen and oxygen atoms in total.